The van der Waals surface area contributed by atoms with Crippen LogP contribution in [0.2, 0.25) is 0 Å². The molecule has 0 unspecified atom stereocenters. The van der Waals surface area contributed by atoms with Crippen molar-refractivity contribution < 1.29 is 30.6 Å². The Morgan fingerprint density at radius 1 is 0.617 bits per heavy atom. The summed E-state index contributed by atoms with van der Waals surface area (Å²) >= 11 is 0. The van der Waals surface area contributed by atoms with Crippen LogP contribution >= 0.6 is 0 Å². The zero-order valence-corrected chi connectivity index (χ0v) is 36.7. The van der Waals surface area contributed by atoms with Crippen LogP contribution in [0.5, 0.6) is 5.75 Å². The largest absolute Gasteiger partial charge is 0.507 e. The third kappa shape index (κ3) is 6.72. The van der Waals surface area contributed by atoms with Gasteiger partial charge in [-0.1, -0.05) is 161 Å². The molecular formula is C54H44N3O2Pt-. The normalized spacial score (nSPS) is 12.1. The van der Waals surface area contributed by atoms with Crippen LogP contribution in [0.1, 0.15) is 52.7 Å². The van der Waals surface area contributed by atoms with Gasteiger partial charge in [0.15, 0.2) is 5.58 Å². The maximum atomic E-state index is 12.2. The summed E-state index contributed by atoms with van der Waals surface area (Å²) in [6, 6.07) is 54.2. The van der Waals surface area contributed by atoms with Crippen molar-refractivity contribution in [1.82, 2.24) is 14.5 Å². The molecule has 0 aliphatic heterocycles. The van der Waals surface area contributed by atoms with Crippen molar-refractivity contribution in [2.24, 2.45) is 0 Å². The molecule has 0 saturated carbocycles. The van der Waals surface area contributed by atoms with Crippen LogP contribution in [0.25, 0.3) is 94.3 Å². The summed E-state index contributed by atoms with van der Waals surface area (Å²) in [6.07, 6.45) is 1.83. The van der Waals surface area contributed by atoms with Crippen molar-refractivity contribution in [3.8, 4) is 56.3 Å². The molecule has 1 N–H and O–H groups in total. The van der Waals surface area contributed by atoms with Gasteiger partial charge in [0, 0.05) is 48.8 Å². The van der Waals surface area contributed by atoms with E-state index in [1.165, 1.54) is 0 Å². The number of imidazole rings is 1. The van der Waals surface area contributed by atoms with Gasteiger partial charge in [0.2, 0.25) is 0 Å². The first-order chi connectivity index (χ1) is 28.4. The van der Waals surface area contributed by atoms with E-state index < -0.39 is 0 Å². The SMILES string of the molecule is CC(C)(C)c1cc(-c2nc3c(-c4[c-]c(-c5cc6c(cn5)oc5ccc7ccccc7c56)cc(-c5ccccc5)c4)cccc3n2-c2ccccc2)c(O)c(C(C)(C)C)c1.[Pt]. The molecule has 298 valence electrons. The number of aromatic nitrogens is 3. The Balaban J connectivity index is 0.00000462. The molecule has 3 heterocycles. The van der Waals surface area contributed by atoms with Crippen LogP contribution in [-0.4, -0.2) is 19.6 Å². The molecule has 0 aliphatic carbocycles. The molecule has 10 aromatic rings. The molecule has 0 aliphatic rings. The predicted molar refractivity (Wildman–Crippen MR) is 243 cm³/mol. The van der Waals surface area contributed by atoms with Gasteiger partial charge in [-0.15, -0.1) is 23.8 Å². The van der Waals surface area contributed by atoms with E-state index in [9.17, 15) is 5.11 Å². The van der Waals surface area contributed by atoms with Gasteiger partial charge in [0.05, 0.1) is 22.8 Å². The number of para-hydroxylation sites is 2. The maximum Gasteiger partial charge on any atom is 0.152 e. The zero-order valence-electron chi connectivity index (χ0n) is 34.4. The second-order valence-electron chi connectivity index (χ2n) is 17.6. The second kappa shape index (κ2) is 14.8. The number of nitrogens with zero attached hydrogens (tertiary/aromatic N) is 3. The molecule has 0 fully saturated rings. The molecule has 6 heteroatoms. The minimum Gasteiger partial charge on any atom is -0.507 e. The number of furan rings is 1. The first-order valence-corrected chi connectivity index (χ1v) is 20.2. The van der Waals surface area contributed by atoms with Crippen LogP contribution in [0.15, 0.2) is 156 Å². The molecule has 0 atom stereocenters. The van der Waals surface area contributed by atoms with Crippen molar-refractivity contribution in [1.29, 1.82) is 0 Å². The van der Waals surface area contributed by atoms with Crippen LogP contribution < -0.4 is 0 Å². The molecule has 0 spiro atoms. The van der Waals surface area contributed by atoms with Gasteiger partial charge < -0.3 is 9.52 Å². The number of phenolic OH excluding ortho intramolecular Hbond substituents is 1. The number of phenols is 1. The number of aromatic hydroxyl groups is 1. The fourth-order valence-electron chi connectivity index (χ4n) is 8.40. The molecular weight excluding hydrogens is 918 g/mol. The Hall–Kier alpha value is -6.29. The van der Waals surface area contributed by atoms with E-state index in [0.29, 0.717) is 11.4 Å². The van der Waals surface area contributed by atoms with Gasteiger partial charge in [-0.2, -0.15) is 0 Å². The summed E-state index contributed by atoms with van der Waals surface area (Å²) in [5, 5.41) is 16.6. The molecule has 3 aromatic heterocycles. The van der Waals surface area contributed by atoms with Crippen molar-refractivity contribution in [2.45, 2.75) is 52.4 Å². The van der Waals surface area contributed by atoms with Crippen molar-refractivity contribution >= 4 is 43.7 Å². The van der Waals surface area contributed by atoms with Gasteiger partial charge in [0.25, 0.3) is 0 Å². The quantitative estimate of drug-likeness (QED) is 0.175. The first kappa shape index (κ1) is 39.2. The van der Waals surface area contributed by atoms with Gasteiger partial charge >= 0.3 is 0 Å². The summed E-state index contributed by atoms with van der Waals surface area (Å²) in [6.45, 7) is 13.1. The topological polar surface area (TPSA) is 64.1 Å². The van der Waals surface area contributed by atoms with Gasteiger partial charge in [0.1, 0.15) is 17.2 Å². The molecule has 10 rings (SSSR count). The molecule has 0 amide bonds. The van der Waals surface area contributed by atoms with E-state index in [4.69, 9.17) is 14.4 Å². The molecule has 7 aromatic carbocycles. The second-order valence-corrected chi connectivity index (χ2v) is 17.6. The summed E-state index contributed by atoms with van der Waals surface area (Å²) in [5.74, 6) is 0.929. The monoisotopic (exact) mass is 961 g/mol. The average molecular weight is 962 g/mol. The van der Waals surface area contributed by atoms with Gasteiger partial charge in [-0.3, -0.25) is 9.55 Å². The van der Waals surface area contributed by atoms with Crippen LogP contribution in [-0.2, 0) is 31.9 Å². The third-order valence-corrected chi connectivity index (χ3v) is 11.5. The van der Waals surface area contributed by atoms with Crippen LogP contribution in [0, 0.1) is 6.07 Å². The van der Waals surface area contributed by atoms with Crippen molar-refractivity contribution in [2.75, 3.05) is 0 Å². The van der Waals surface area contributed by atoms with E-state index in [-0.39, 0.29) is 37.6 Å². The standard InChI is InChI=1S/C54H44N3O2.Pt/c1-53(2,3)38-29-43(51(58)44(30-38)54(4,5)6)52-56-50-41(22-15-23-46(50)57(52)39-19-11-8-12-20-39)36-26-35(33-16-9-7-10-17-33)27-37(28-36)45-31-42-48(32-55-45)59-47-25-24-34-18-13-14-21-40(34)49(42)47;/h7-27,29-32,58H,1-6H3;/q-1;. The van der Waals surface area contributed by atoms with Crippen molar-refractivity contribution in [3.63, 3.8) is 0 Å². The summed E-state index contributed by atoms with van der Waals surface area (Å²) in [5.41, 5.74) is 12.2. The first-order valence-electron chi connectivity index (χ1n) is 20.2. The number of rotatable bonds is 5. The van der Waals surface area contributed by atoms with E-state index in [0.717, 1.165) is 94.1 Å². The van der Waals surface area contributed by atoms with Crippen molar-refractivity contribution in [3.05, 3.63) is 169 Å². The average Bonchev–Trinajstić information content (AvgIpc) is 3.82. The van der Waals surface area contributed by atoms with Crippen LogP contribution in [0.4, 0.5) is 0 Å². The molecule has 60 heavy (non-hydrogen) atoms. The molecule has 0 saturated heterocycles. The molecule has 0 bridgehead atoms. The number of benzene rings is 7. The van der Waals surface area contributed by atoms with E-state index >= 15 is 0 Å². The minimum atomic E-state index is -0.301. The summed E-state index contributed by atoms with van der Waals surface area (Å²) in [4.78, 5) is 10.5. The maximum absolute atomic E-state index is 12.2. The predicted octanol–water partition coefficient (Wildman–Crippen LogP) is 14.2. The fourth-order valence-corrected chi connectivity index (χ4v) is 8.40. The Kier molecular flexibility index (Phi) is 9.64. The molecule has 5 nitrogen and oxygen atoms in total. The Morgan fingerprint density at radius 3 is 2.08 bits per heavy atom. The van der Waals surface area contributed by atoms with Gasteiger partial charge in [-0.25, -0.2) is 4.98 Å². The smallest absolute Gasteiger partial charge is 0.152 e. The number of hydrogen-bond donors (Lipinski definition) is 1. The number of fused-ring (bicyclic) bond motifs is 6. The zero-order chi connectivity index (χ0) is 40.6. The minimum absolute atomic E-state index is 0. The summed E-state index contributed by atoms with van der Waals surface area (Å²) in [7, 11) is 0. The summed E-state index contributed by atoms with van der Waals surface area (Å²) < 4.78 is 8.51. The number of hydrogen-bond acceptors (Lipinski definition) is 4. The Bertz CT molecular complexity index is 3240. The Morgan fingerprint density at radius 2 is 1.33 bits per heavy atom. The Labute approximate surface area is 364 Å². The third-order valence-electron chi connectivity index (χ3n) is 11.5. The fraction of sp³-hybridized carbons (Fsp3) is 0.148. The van der Waals surface area contributed by atoms with E-state index in [1.807, 2.05) is 36.5 Å². The van der Waals surface area contributed by atoms with Crippen LogP contribution in [0.3, 0.4) is 0 Å². The number of pyridine rings is 1. The van der Waals surface area contributed by atoms with E-state index in [2.05, 4.69) is 167 Å². The van der Waals surface area contributed by atoms with E-state index in [1.54, 1.807) is 0 Å². The molecule has 0 radical (unpaired) electrons. The van der Waals surface area contributed by atoms with Gasteiger partial charge in [-0.05, 0) is 63.1 Å².